The van der Waals surface area contributed by atoms with Gasteiger partial charge in [-0.25, -0.2) is 0 Å². The molecular formula is C22H25N3O2. The molecule has 0 aliphatic carbocycles. The fraction of sp³-hybridized carbons (Fsp3) is 0.364. The minimum atomic E-state index is 0.0882. The van der Waals surface area contributed by atoms with Gasteiger partial charge in [-0.15, -0.1) is 0 Å². The van der Waals surface area contributed by atoms with E-state index in [0.29, 0.717) is 13.0 Å². The number of aryl methyl sites for hydroxylation is 1. The molecular weight excluding hydrogens is 338 g/mol. The number of para-hydroxylation sites is 1. The molecule has 5 nitrogen and oxygen atoms in total. The van der Waals surface area contributed by atoms with Gasteiger partial charge >= 0.3 is 0 Å². The minimum absolute atomic E-state index is 0.0882. The topological polar surface area (TPSA) is 56.2 Å². The van der Waals surface area contributed by atoms with Crippen LogP contribution in [0.4, 0.5) is 0 Å². The predicted octanol–water partition coefficient (Wildman–Crippen LogP) is 3.78. The molecule has 1 fully saturated rings. The maximum absolute atomic E-state index is 12.1. The van der Waals surface area contributed by atoms with Crippen molar-refractivity contribution in [1.82, 2.24) is 15.1 Å². The molecule has 0 saturated carbocycles. The van der Waals surface area contributed by atoms with Crippen molar-refractivity contribution in [2.45, 2.75) is 38.3 Å². The summed E-state index contributed by atoms with van der Waals surface area (Å²) in [6.45, 7) is 2.17. The Morgan fingerprint density at radius 2 is 1.96 bits per heavy atom. The molecule has 0 bridgehead atoms. The third kappa shape index (κ3) is 4.19. The lowest BCUT2D eigenvalue weighted by Crippen LogP contribution is -2.31. The van der Waals surface area contributed by atoms with Crippen LogP contribution >= 0.6 is 0 Å². The van der Waals surface area contributed by atoms with Gasteiger partial charge in [0.05, 0.1) is 11.6 Å². The number of ether oxygens (including phenoxy) is 1. The monoisotopic (exact) mass is 363 g/mol. The van der Waals surface area contributed by atoms with E-state index in [9.17, 15) is 4.79 Å². The van der Waals surface area contributed by atoms with Crippen molar-refractivity contribution in [3.63, 3.8) is 0 Å². The molecule has 4 rings (SSSR count). The number of fused-ring (bicyclic) bond motifs is 1. The number of benzene rings is 2. The van der Waals surface area contributed by atoms with Crippen molar-refractivity contribution in [1.29, 1.82) is 0 Å². The van der Waals surface area contributed by atoms with Gasteiger partial charge in [-0.05, 0) is 25.3 Å². The molecule has 1 aliphatic rings. The first-order valence-electron chi connectivity index (χ1n) is 9.70. The predicted molar refractivity (Wildman–Crippen MR) is 106 cm³/mol. The second kappa shape index (κ2) is 8.35. The lowest BCUT2D eigenvalue weighted by Gasteiger charge is -2.10. The Hall–Kier alpha value is -2.66. The van der Waals surface area contributed by atoms with Gasteiger partial charge in [0.1, 0.15) is 5.69 Å². The lowest BCUT2D eigenvalue weighted by molar-refractivity contribution is -0.121. The minimum Gasteiger partial charge on any atom is -0.376 e. The molecule has 1 saturated heterocycles. The summed E-state index contributed by atoms with van der Waals surface area (Å²) in [6.07, 6.45) is 3.59. The van der Waals surface area contributed by atoms with Gasteiger partial charge in [-0.3, -0.25) is 9.48 Å². The summed E-state index contributed by atoms with van der Waals surface area (Å²) < 4.78 is 7.56. The smallest absolute Gasteiger partial charge is 0.220 e. The van der Waals surface area contributed by atoms with E-state index >= 15 is 0 Å². The first-order chi connectivity index (χ1) is 13.3. The Kier molecular flexibility index (Phi) is 5.49. The van der Waals surface area contributed by atoms with Gasteiger partial charge in [0.25, 0.3) is 0 Å². The molecule has 27 heavy (non-hydrogen) atoms. The van der Waals surface area contributed by atoms with Gasteiger partial charge in [-0.2, -0.15) is 5.10 Å². The van der Waals surface area contributed by atoms with E-state index < -0.39 is 0 Å². The molecule has 1 N–H and O–H groups in total. The van der Waals surface area contributed by atoms with E-state index in [1.54, 1.807) is 0 Å². The summed E-state index contributed by atoms with van der Waals surface area (Å²) in [7, 11) is 0. The number of carbonyl (C=O) groups is 1. The molecule has 0 spiro atoms. The average molecular weight is 363 g/mol. The van der Waals surface area contributed by atoms with Crippen LogP contribution in [0.25, 0.3) is 22.2 Å². The van der Waals surface area contributed by atoms with E-state index in [1.807, 2.05) is 35.0 Å². The highest BCUT2D eigenvalue weighted by molar-refractivity contribution is 5.93. The highest BCUT2D eigenvalue weighted by atomic mass is 16.5. The van der Waals surface area contributed by atoms with Crippen LogP contribution in [0, 0.1) is 0 Å². The summed E-state index contributed by atoms with van der Waals surface area (Å²) in [6, 6.07) is 18.5. The number of amides is 1. The van der Waals surface area contributed by atoms with E-state index in [4.69, 9.17) is 9.84 Å². The standard InChI is InChI=1S/C22H25N3O2/c26-21(23-16-18-10-7-15-27-18)13-6-14-25-20-12-5-4-11-19(20)22(24-25)17-8-2-1-3-9-17/h1-5,8-9,11-12,18H,6-7,10,13-16H2,(H,23,26). The molecule has 0 radical (unpaired) electrons. The Morgan fingerprint density at radius 1 is 1.15 bits per heavy atom. The normalized spacial score (nSPS) is 16.7. The Morgan fingerprint density at radius 3 is 2.78 bits per heavy atom. The molecule has 1 aromatic heterocycles. The summed E-state index contributed by atoms with van der Waals surface area (Å²) >= 11 is 0. The zero-order chi connectivity index (χ0) is 18.5. The number of rotatable bonds is 7. The summed E-state index contributed by atoms with van der Waals surface area (Å²) in [4.78, 5) is 12.1. The van der Waals surface area contributed by atoms with E-state index in [-0.39, 0.29) is 12.0 Å². The van der Waals surface area contributed by atoms with Crippen molar-refractivity contribution < 1.29 is 9.53 Å². The molecule has 3 aromatic rings. The first kappa shape index (κ1) is 17.7. The van der Waals surface area contributed by atoms with Crippen molar-refractivity contribution in [2.75, 3.05) is 13.2 Å². The highest BCUT2D eigenvalue weighted by Gasteiger charge is 2.16. The van der Waals surface area contributed by atoms with Crippen LogP contribution in [-0.2, 0) is 16.1 Å². The van der Waals surface area contributed by atoms with Crippen LogP contribution in [0.1, 0.15) is 25.7 Å². The Labute approximate surface area is 159 Å². The molecule has 1 atom stereocenters. The number of aromatic nitrogens is 2. The quantitative estimate of drug-likeness (QED) is 0.695. The van der Waals surface area contributed by atoms with Crippen LogP contribution in [0.15, 0.2) is 54.6 Å². The lowest BCUT2D eigenvalue weighted by atomic mass is 10.1. The van der Waals surface area contributed by atoms with Gasteiger partial charge in [0.15, 0.2) is 0 Å². The third-order valence-corrected chi connectivity index (χ3v) is 5.03. The number of hydrogen-bond donors (Lipinski definition) is 1. The second-order valence-electron chi connectivity index (χ2n) is 7.00. The van der Waals surface area contributed by atoms with E-state index in [2.05, 4.69) is 29.6 Å². The highest BCUT2D eigenvalue weighted by Crippen LogP contribution is 2.27. The van der Waals surface area contributed by atoms with Gasteiger partial charge in [-0.1, -0.05) is 48.5 Å². The fourth-order valence-corrected chi connectivity index (χ4v) is 3.62. The van der Waals surface area contributed by atoms with Crippen molar-refractivity contribution in [3.05, 3.63) is 54.6 Å². The van der Waals surface area contributed by atoms with E-state index in [1.165, 1.54) is 0 Å². The van der Waals surface area contributed by atoms with Crippen LogP contribution in [0.2, 0.25) is 0 Å². The number of carbonyl (C=O) groups excluding carboxylic acids is 1. The first-order valence-corrected chi connectivity index (χ1v) is 9.70. The molecule has 1 aliphatic heterocycles. The van der Waals surface area contributed by atoms with Crippen LogP contribution < -0.4 is 5.32 Å². The summed E-state index contributed by atoms with van der Waals surface area (Å²) in [5.41, 5.74) is 3.21. The zero-order valence-electron chi connectivity index (χ0n) is 15.4. The van der Waals surface area contributed by atoms with Gasteiger partial charge in [0.2, 0.25) is 5.91 Å². The Bertz CT molecular complexity index is 898. The average Bonchev–Trinajstić information content (AvgIpc) is 3.35. The third-order valence-electron chi connectivity index (χ3n) is 5.03. The maximum atomic E-state index is 12.1. The summed E-state index contributed by atoms with van der Waals surface area (Å²) in [5.74, 6) is 0.0882. The SMILES string of the molecule is O=C(CCCn1nc(-c2ccccc2)c2ccccc21)NCC1CCCO1. The van der Waals surface area contributed by atoms with Crippen LogP contribution in [-0.4, -0.2) is 34.9 Å². The largest absolute Gasteiger partial charge is 0.376 e. The summed E-state index contributed by atoms with van der Waals surface area (Å²) in [5, 5.41) is 8.96. The zero-order valence-corrected chi connectivity index (χ0v) is 15.4. The number of hydrogen-bond acceptors (Lipinski definition) is 3. The van der Waals surface area contributed by atoms with Crippen LogP contribution in [0.5, 0.6) is 0 Å². The molecule has 1 amide bonds. The van der Waals surface area contributed by atoms with Gasteiger partial charge in [0, 0.05) is 37.1 Å². The number of nitrogens with zero attached hydrogens (tertiary/aromatic N) is 2. The number of nitrogens with one attached hydrogen (secondary N) is 1. The second-order valence-corrected chi connectivity index (χ2v) is 7.00. The van der Waals surface area contributed by atoms with Crippen molar-refractivity contribution in [2.24, 2.45) is 0 Å². The maximum Gasteiger partial charge on any atom is 0.220 e. The van der Waals surface area contributed by atoms with Crippen molar-refractivity contribution in [3.8, 4) is 11.3 Å². The molecule has 2 heterocycles. The van der Waals surface area contributed by atoms with Crippen LogP contribution in [0.3, 0.4) is 0 Å². The molecule has 2 aromatic carbocycles. The molecule has 140 valence electrons. The molecule has 1 unspecified atom stereocenters. The van der Waals surface area contributed by atoms with E-state index in [0.717, 1.165) is 54.6 Å². The van der Waals surface area contributed by atoms with Crippen molar-refractivity contribution >= 4 is 16.8 Å². The van der Waals surface area contributed by atoms with Gasteiger partial charge < -0.3 is 10.1 Å². The Balaban J connectivity index is 1.39. The fourth-order valence-electron chi connectivity index (χ4n) is 3.62. The molecule has 5 heteroatoms.